The van der Waals surface area contributed by atoms with Crippen LogP contribution in [0.1, 0.15) is 40.4 Å². The van der Waals surface area contributed by atoms with Gasteiger partial charge in [0, 0.05) is 24.0 Å². The molecule has 0 radical (unpaired) electrons. The van der Waals surface area contributed by atoms with Crippen molar-refractivity contribution in [1.82, 2.24) is 5.16 Å². The fourth-order valence-corrected chi connectivity index (χ4v) is 2.19. The average Bonchev–Trinajstić information content (AvgIpc) is 2.94. The molecule has 120 valence electrons. The Hall–Kier alpha value is -2.31. The molecule has 1 unspecified atom stereocenters. The van der Waals surface area contributed by atoms with Gasteiger partial charge in [-0.25, -0.2) is 4.90 Å². The third-order valence-electron chi connectivity index (χ3n) is 3.34. The van der Waals surface area contributed by atoms with Crippen LogP contribution in [0.2, 0.25) is 0 Å². The maximum absolute atomic E-state index is 12.5. The second-order valence-electron chi connectivity index (χ2n) is 6.15. The third-order valence-corrected chi connectivity index (χ3v) is 3.34. The highest BCUT2D eigenvalue weighted by atomic mass is 16.6. The van der Waals surface area contributed by atoms with Gasteiger partial charge in [-0.3, -0.25) is 9.59 Å². The van der Waals surface area contributed by atoms with Crippen molar-refractivity contribution in [3.63, 3.8) is 0 Å². The van der Waals surface area contributed by atoms with Gasteiger partial charge in [-0.1, -0.05) is 25.9 Å². The number of carbonyl (C=O) groups is 2. The summed E-state index contributed by atoms with van der Waals surface area (Å²) < 4.78 is 15.7. The second-order valence-corrected chi connectivity index (χ2v) is 6.15. The van der Waals surface area contributed by atoms with Crippen molar-refractivity contribution in [3.8, 4) is 0 Å². The summed E-state index contributed by atoms with van der Waals surface area (Å²) in [6, 6.07) is 1.67. The van der Waals surface area contributed by atoms with Crippen molar-refractivity contribution in [2.75, 3.05) is 12.0 Å². The summed E-state index contributed by atoms with van der Waals surface area (Å²) in [5.41, 5.74) is 0.264. The van der Waals surface area contributed by atoms with E-state index >= 15 is 0 Å². The van der Waals surface area contributed by atoms with Gasteiger partial charge in [0.25, 0.3) is 5.91 Å². The highest BCUT2D eigenvalue weighted by Crippen LogP contribution is 2.34. The van der Waals surface area contributed by atoms with Crippen molar-refractivity contribution in [2.24, 2.45) is 0 Å². The van der Waals surface area contributed by atoms with Crippen LogP contribution in [-0.4, -0.2) is 30.4 Å². The molecule has 1 aromatic heterocycles. The molecular weight excluding hydrogens is 288 g/mol. The molecule has 0 aromatic carbocycles. The maximum atomic E-state index is 12.5. The Morgan fingerprint density at radius 2 is 2.05 bits per heavy atom. The fourth-order valence-electron chi connectivity index (χ4n) is 2.19. The topological polar surface area (TPSA) is 81.9 Å². The average molecular weight is 308 g/mol. The smallest absolute Gasteiger partial charge is 0.304 e. The van der Waals surface area contributed by atoms with E-state index in [4.69, 9.17) is 14.0 Å². The lowest BCUT2D eigenvalue weighted by molar-refractivity contribution is -0.144. The molecule has 1 amide bonds. The van der Waals surface area contributed by atoms with Crippen LogP contribution in [0.4, 0.5) is 5.82 Å². The van der Waals surface area contributed by atoms with Gasteiger partial charge >= 0.3 is 5.97 Å². The number of hydrogen-bond donors (Lipinski definition) is 0. The first kappa shape index (κ1) is 16.1. The van der Waals surface area contributed by atoms with E-state index in [1.54, 1.807) is 13.0 Å². The van der Waals surface area contributed by atoms with E-state index < -0.39 is 18.1 Å². The molecule has 0 fully saturated rings. The summed E-state index contributed by atoms with van der Waals surface area (Å²) in [5, 5.41) is 3.93. The third kappa shape index (κ3) is 2.70. The number of hydrogen-bond acceptors (Lipinski definition) is 6. The van der Waals surface area contributed by atoms with Crippen molar-refractivity contribution in [2.45, 2.75) is 46.3 Å². The van der Waals surface area contributed by atoms with E-state index in [9.17, 15) is 9.59 Å². The largest absolute Gasteiger partial charge is 0.491 e. The first-order valence-corrected chi connectivity index (χ1v) is 6.89. The van der Waals surface area contributed by atoms with Crippen molar-refractivity contribution >= 4 is 17.7 Å². The number of nitrogens with zero attached hydrogens (tertiary/aromatic N) is 2. The summed E-state index contributed by atoms with van der Waals surface area (Å²) >= 11 is 0. The lowest BCUT2D eigenvalue weighted by Gasteiger charge is -2.22. The van der Waals surface area contributed by atoms with Crippen molar-refractivity contribution in [1.29, 1.82) is 0 Å². The molecule has 0 saturated carbocycles. The van der Waals surface area contributed by atoms with Gasteiger partial charge in [-0.2, -0.15) is 0 Å². The molecule has 1 aliphatic heterocycles. The standard InChI is InChI=1S/C15H20N2O5/c1-8-12(20-6)13(19)17(14(8)21-9(2)18)11-7-10(22-16-11)15(3,4)5/h7,14H,1-6H3. The molecular formula is C15H20N2O5. The number of carbonyl (C=O) groups excluding carboxylic acids is 2. The Morgan fingerprint density at radius 3 is 2.50 bits per heavy atom. The van der Waals surface area contributed by atoms with Gasteiger partial charge in [0.05, 0.1) is 7.11 Å². The summed E-state index contributed by atoms with van der Waals surface area (Å²) in [6.07, 6.45) is -0.877. The molecule has 2 rings (SSSR count). The van der Waals surface area contributed by atoms with Crippen LogP contribution in [-0.2, 0) is 24.5 Å². The van der Waals surface area contributed by atoms with Crippen LogP contribution in [0.25, 0.3) is 0 Å². The predicted molar refractivity (Wildman–Crippen MR) is 78.0 cm³/mol. The zero-order valence-electron chi connectivity index (χ0n) is 13.6. The Kier molecular flexibility index (Phi) is 4.00. The number of anilines is 1. The molecule has 22 heavy (non-hydrogen) atoms. The summed E-state index contributed by atoms with van der Waals surface area (Å²) in [5.74, 6) is 0.138. The molecule has 0 spiro atoms. The zero-order valence-corrected chi connectivity index (χ0v) is 13.6. The van der Waals surface area contributed by atoms with E-state index in [-0.39, 0.29) is 17.0 Å². The number of methoxy groups -OCH3 is 1. The molecule has 0 N–H and O–H groups in total. The summed E-state index contributed by atoms with van der Waals surface area (Å²) in [6.45, 7) is 8.86. The lowest BCUT2D eigenvalue weighted by Crippen LogP contribution is -2.38. The first-order valence-electron chi connectivity index (χ1n) is 6.89. The highest BCUT2D eigenvalue weighted by Gasteiger charge is 2.43. The maximum Gasteiger partial charge on any atom is 0.304 e. The molecule has 0 bridgehead atoms. The monoisotopic (exact) mass is 308 g/mol. The van der Waals surface area contributed by atoms with Gasteiger partial charge in [0.2, 0.25) is 6.23 Å². The normalized spacial score (nSPS) is 18.9. The van der Waals surface area contributed by atoms with Crippen molar-refractivity contribution < 1.29 is 23.6 Å². The minimum absolute atomic E-state index is 0.145. The lowest BCUT2D eigenvalue weighted by atomic mass is 9.93. The second kappa shape index (κ2) is 5.47. The van der Waals surface area contributed by atoms with Gasteiger partial charge in [-0.05, 0) is 6.92 Å². The number of esters is 1. The summed E-state index contributed by atoms with van der Waals surface area (Å²) in [7, 11) is 1.40. The first-order chi connectivity index (χ1) is 10.2. The van der Waals surface area contributed by atoms with Crippen LogP contribution in [0.15, 0.2) is 21.9 Å². The van der Waals surface area contributed by atoms with E-state index in [1.165, 1.54) is 18.9 Å². The Labute approximate surface area is 128 Å². The van der Waals surface area contributed by atoms with Gasteiger partial charge in [0.1, 0.15) is 5.76 Å². The van der Waals surface area contributed by atoms with E-state index in [2.05, 4.69) is 5.16 Å². The summed E-state index contributed by atoms with van der Waals surface area (Å²) in [4.78, 5) is 25.0. The Morgan fingerprint density at radius 1 is 1.41 bits per heavy atom. The predicted octanol–water partition coefficient (Wildman–Crippen LogP) is 2.13. The van der Waals surface area contributed by atoms with Crippen LogP contribution in [0.5, 0.6) is 0 Å². The molecule has 0 aliphatic carbocycles. The molecule has 1 atom stereocenters. The quantitative estimate of drug-likeness (QED) is 0.796. The van der Waals surface area contributed by atoms with Gasteiger partial charge < -0.3 is 14.0 Å². The number of rotatable bonds is 3. The van der Waals surface area contributed by atoms with Crippen LogP contribution in [0, 0.1) is 0 Å². The van der Waals surface area contributed by atoms with Crippen molar-refractivity contribution in [3.05, 3.63) is 23.2 Å². The van der Waals surface area contributed by atoms with E-state index in [0.29, 0.717) is 11.3 Å². The van der Waals surface area contributed by atoms with Gasteiger partial charge in [0.15, 0.2) is 11.6 Å². The minimum Gasteiger partial charge on any atom is -0.491 e. The number of aromatic nitrogens is 1. The molecule has 1 aromatic rings. The van der Waals surface area contributed by atoms with Crippen LogP contribution >= 0.6 is 0 Å². The van der Waals surface area contributed by atoms with E-state index in [1.807, 2.05) is 20.8 Å². The van der Waals surface area contributed by atoms with E-state index in [0.717, 1.165) is 0 Å². The Bertz CT molecular complexity index is 639. The molecule has 0 saturated heterocycles. The zero-order chi connectivity index (χ0) is 16.7. The van der Waals surface area contributed by atoms with Crippen LogP contribution < -0.4 is 4.90 Å². The van der Waals surface area contributed by atoms with Crippen LogP contribution in [0.3, 0.4) is 0 Å². The highest BCUT2D eigenvalue weighted by molar-refractivity contribution is 6.08. The Balaban J connectivity index is 2.42. The number of amides is 1. The fraction of sp³-hybridized carbons (Fsp3) is 0.533. The number of ether oxygens (including phenoxy) is 2. The SMILES string of the molecule is COC1=C(C)C(OC(C)=O)N(c2cc(C(C)(C)C)on2)C1=O. The molecule has 1 aliphatic rings. The minimum atomic E-state index is -0.877. The molecule has 2 heterocycles. The molecule has 7 heteroatoms. The molecule has 7 nitrogen and oxygen atoms in total. The van der Waals surface area contributed by atoms with Gasteiger partial charge in [-0.15, -0.1) is 0 Å².